The van der Waals surface area contributed by atoms with Crippen molar-refractivity contribution < 1.29 is 47.1 Å². The summed E-state index contributed by atoms with van der Waals surface area (Å²) in [7, 11) is 0. The molecule has 0 aromatic heterocycles. The summed E-state index contributed by atoms with van der Waals surface area (Å²) in [5, 5.41) is 22.0. The van der Waals surface area contributed by atoms with Gasteiger partial charge in [-0.3, -0.25) is 10.1 Å². The predicted octanol–water partition coefficient (Wildman–Crippen LogP) is 6.31. The molecule has 0 amide bonds. The van der Waals surface area contributed by atoms with E-state index in [0.717, 1.165) is 22.3 Å². The third-order valence-electron chi connectivity index (χ3n) is 7.12. The van der Waals surface area contributed by atoms with E-state index in [2.05, 4.69) is 5.32 Å². The Morgan fingerprint density at radius 2 is 1.77 bits per heavy atom. The molecular formula is C31H33ClF3NO7. The molecular weight excluding hydrogens is 591 g/mol. The number of aliphatic hydroxyl groups is 1. The van der Waals surface area contributed by atoms with Crippen LogP contribution < -0.4 is 24.3 Å². The number of halogens is 4. The van der Waals surface area contributed by atoms with Gasteiger partial charge in [0.25, 0.3) is 0 Å². The molecule has 12 heteroatoms. The molecule has 0 saturated carbocycles. The van der Waals surface area contributed by atoms with Gasteiger partial charge in [-0.1, -0.05) is 35.9 Å². The van der Waals surface area contributed by atoms with E-state index in [9.17, 15) is 28.2 Å². The van der Waals surface area contributed by atoms with Crippen LogP contribution >= 0.6 is 11.6 Å². The Balaban J connectivity index is 1.54. The zero-order chi connectivity index (χ0) is 31.2. The van der Waals surface area contributed by atoms with Crippen LogP contribution in [0, 0.1) is 6.92 Å². The first-order valence-corrected chi connectivity index (χ1v) is 14.0. The van der Waals surface area contributed by atoms with Crippen molar-refractivity contribution in [2.24, 2.45) is 0 Å². The fourth-order valence-electron chi connectivity index (χ4n) is 4.42. The van der Waals surface area contributed by atoms with E-state index in [0.29, 0.717) is 30.3 Å². The van der Waals surface area contributed by atoms with Crippen LogP contribution in [-0.2, 0) is 17.9 Å². The Hall–Kier alpha value is -3.67. The Bertz CT molecular complexity index is 1450. The minimum Gasteiger partial charge on any atom is -0.493 e. The minimum absolute atomic E-state index is 0.0886. The van der Waals surface area contributed by atoms with Gasteiger partial charge in [0.05, 0.1) is 18.2 Å². The standard InChI is InChI=1S/C31H33ClF3NO7/c1-19-21(5-3-6-23(19)20-7-8-25-28(14-20)42-12-11-41-25)17-43-27-15-26(40-10-4-9-31(33,34)35)22(13-24(27)32)16-36-30(2,18-37)29(38)39/h3,5-8,13-15,36-37H,4,9-12,16-18H2,1-2H3,(H,38,39)/t30-/m1/s1. The maximum Gasteiger partial charge on any atom is 0.389 e. The molecule has 0 radical (unpaired) electrons. The lowest BCUT2D eigenvalue weighted by atomic mass is 9.96. The lowest BCUT2D eigenvalue weighted by molar-refractivity contribution is -0.146. The summed E-state index contributed by atoms with van der Waals surface area (Å²) >= 11 is 6.52. The van der Waals surface area contributed by atoms with Crippen molar-refractivity contribution in [1.82, 2.24) is 5.32 Å². The van der Waals surface area contributed by atoms with E-state index in [1.807, 2.05) is 43.3 Å². The molecule has 3 N–H and O–H groups in total. The van der Waals surface area contributed by atoms with Crippen LogP contribution in [0.15, 0.2) is 48.5 Å². The average Bonchev–Trinajstić information content (AvgIpc) is 2.97. The third kappa shape index (κ3) is 8.25. The lowest BCUT2D eigenvalue weighted by Crippen LogP contribution is -2.52. The van der Waals surface area contributed by atoms with Crippen LogP contribution in [-0.4, -0.2) is 54.3 Å². The number of carbonyl (C=O) groups is 1. The molecule has 0 unspecified atom stereocenters. The maximum absolute atomic E-state index is 12.7. The van der Waals surface area contributed by atoms with Crippen LogP contribution in [0.5, 0.6) is 23.0 Å². The van der Waals surface area contributed by atoms with Crippen molar-refractivity contribution in [3.63, 3.8) is 0 Å². The molecule has 0 aliphatic carbocycles. The predicted molar refractivity (Wildman–Crippen MR) is 154 cm³/mol. The molecule has 1 heterocycles. The molecule has 1 atom stereocenters. The fourth-order valence-corrected chi connectivity index (χ4v) is 4.66. The second kappa shape index (κ2) is 13.7. The van der Waals surface area contributed by atoms with Gasteiger partial charge in [-0.15, -0.1) is 0 Å². The third-order valence-corrected chi connectivity index (χ3v) is 7.41. The molecule has 4 rings (SSSR count). The van der Waals surface area contributed by atoms with Gasteiger partial charge in [0.15, 0.2) is 11.5 Å². The van der Waals surface area contributed by atoms with Crippen molar-refractivity contribution in [3.05, 3.63) is 70.2 Å². The lowest BCUT2D eigenvalue weighted by Gasteiger charge is -2.25. The van der Waals surface area contributed by atoms with Crippen molar-refractivity contribution in [3.8, 4) is 34.1 Å². The zero-order valence-corrected chi connectivity index (χ0v) is 24.5. The normalized spacial score (nSPS) is 14.2. The average molecular weight is 624 g/mol. The van der Waals surface area contributed by atoms with Gasteiger partial charge in [-0.05, 0) is 60.7 Å². The van der Waals surface area contributed by atoms with Crippen molar-refractivity contribution in [2.45, 2.75) is 51.6 Å². The van der Waals surface area contributed by atoms with E-state index in [-0.39, 0.29) is 42.7 Å². The van der Waals surface area contributed by atoms with Crippen LogP contribution in [0.2, 0.25) is 5.02 Å². The highest BCUT2D eigenvalue weighted by molar-refractivity contribution is 6.32. The number of alkyl halides is 3. The van der Waals surface area contributed by atoms with Crippen molar-refractivity contribution >= 4 is 17.6 Å². The molecule has 0 spiro atoms. The number of hydrogen-bond acceptors (Lipinski definition) is 7. The summed E-state index contributed by atoms with van der Waals surface area (Å²) in [6.45, 7) is 3.38. The first-order chi connectivity index (χ1) is 20.4. The highest BCUT2D eigenvalue weighted by Gasteiger charge is 2.32. The molecule has 3 aromatic carbocycles. The van der Waals surface area contributed by atoms with Crippen LogP contribution in [0.25, 0.3) is 11.1 Å². The van der Waals surface area contributed by atoms with Gasteiger partial charge in [0.2, 0.25) is 0 Å². The number of ether oxygens (including phenoxy) is 4. The van der Waals surface area contributed by atoms with E-state index in [1.165, 1.54) is 19.1 Å². The van der Waals surface area contributed by atoms with Crippen LogP contribution in [0.4, 0.5) is 13.2 Å². The number of carboxylic acids is 1. The van der Waals surface area contributed by atoms with E-state index < -0.39 is 30.7 Å². The first-order valence-electron chi connectivity index (χ1n) is 13.6. The number of hydrogen-bond donors (Lipinski definition) is 3. The second-order valence-corrected chi connectivity index (χ2v) is 10.8. The SMILES string of the molecule is Cc1c(COc2cc(OCCCC(F)(F)F)c(CN[C@](C)(CO)C(=O)O)cc2Cl)cccc1-c1ccc2c(c1)OCCO2. The Kier molecular flexibility index (Phi) is 10.3. The summed E-state index contributed by atoms with van der Waals surface area (Å²) in [4.78, 5) is 11.6. The summed E-state index contributed by atoms with van der Waals surface area (Å²) in [5.41, 5.74) is 2.50. The molecule has 0 bridgehead atoms. The van der Waals surface area contributed by atoms with Crippen molar-refractivity contribution in [2.75, 3.05) is 26.4 Å². The largest absolute Gasteiger partial charge is 0.493 e. The summed E-state index contributed by atoms with van der Waals surface area (Å²) in [5.74, 6) is 0.518. The molecule has 1 aliphatic rings. The van der Waals surface area contributed by atoms with Gasteiger partial charge in [-0.25, -0.2) is 0 Å². The minimum atomic E-state index is -4.32. The maximum atomic E-state index is 12.7. The summed E-state index contributed by atoms with van der Waals surface area (Å²) in [6.07, 6.45) is -5.61. The number of rotatable bonds is 13. The summed E-state index contributed by atoms with van der Waals surface area (Å²) < 4.78 is 61.0. The number of benzene rings is 3. The Morgan fingerprint density at radius 1 is 1.02 bits per heavy atom. The molecule has 1 aliphatic heterocycles. The zero-order valence-electron chi connectivity index (χ0n) is 23.7. The molecule has 0 fully saturated rings. The fraction of sp³-hybridized carbons (Fsp3) is 0.387. The number of fused-ring (bicyclic) bond motifs is 1. The number of aliphatic carboxylic acids is 1. The van der Waals surface area contributed by atoms with Gasteiger partial charge >= 0.3 is 12.1 Å². The van der Waals surface area contributed by atoms with Crippen LogP contribution in [0.1, 0.15) is 36.5 Å². The smallest absolute Gasteiger partial charge is 0.389 e. The highest BCUT2D eigenvalue weighted by atomic mass is 35.5. The Labute approximate surface area is 252 Å². The van der Waals surface area contributed by atoms with Gasteiger partial charge in [-0.2, -0.15) is 13.2 Å². The van der Waals surface area contributed by atoms with Crippen molar-refractivity contribution in [1.29, 1.82) is 0 Å². The topological polar surface area (TPSA) is 106 Å². The number of aliphatic hydroxyl groups excluding tert-OH is 1. The van der Waals surface area contributed by atoms with Crippen LogP contribution in [0.3, 0.4) is 0 Å². The van der Waals surface area contributed by atoms with Gasteiger partial charge in [0, 0.05) is 24.6 Å². The second-order valence-electron chi connectivity index (χ2n) is 10.3. The molecule has 0 saturated heterocycles. The number of carboxylic acid groups (broad SMARTS) is 1. The van der Waals surface area contributed by atoms with E-state index in [4.69, 9.17) is 30.5 Å². The molecule has 8 nitrogen and oxygen atoms in total. The first kappa shape index (κ1) is 32.2. The quantitative estimate of drug-likeness (QED) is 0.190. The summed E-state index contributed by atoms with van der Waals surface area (Å²) in [6, 6.07) is 14.5. The van der Waals surface area contributed by atoms with Gasteiger partial charge < -0.3 is 29.2 Å². The molecule has 232 valence electrons. The highest BCUT2D eigenvalue weighted by Crippen LogP contribution is 2.37. The van der Waals surface area contributed by atoms with E-state index >= 15 is 0 Å². The number of nitrogens with one attached hydrogen (secondary N) is 1. The monoisotopic (exact) mass is 623 g/mol. The molecule has 3 aromatic rings. The van der Waals surface area contributed by atoms with E-state index in [1.54, 1.807) is 0 Å². The Morgan fingerprint density at radius 3 is 2.47 bits per heavy atom. The van der Waals surface area contributed by atoms with Gasteiger partial charge in [0.1, 0.15) is 36.9 Å². The molecule has 43 heavy (non-hydrogen) atoms.